The molecule has 0 aliphatic carbocycles. The van der Waals surface area contributed by atoms with Crippen LogP contribution in [0, 0.1) is 5.92 Å². The molecule has 1 spiro atoms. The Morgan fingerprint density at radius 2 is 1.61 bits per heavy atom. The van der Waals surface area contributed by atoms with Crippen molar-refractivity contribution in [1.29, 1.82) is 0 Å². The third-order valence-corrected chi connectivity index (χ3v) is 8.18. The summed E-state index contributed by atoms with van der Waals surface area (Å²) in [6.07, 6.45) is 1.88. The van der Waals surface area contributed by atoms with Gasteiger partial charge in [-0.15, -0.1) is 23.5 Å². The second-order valence-electron chi connectivity index (χ2n) is 7.52. The summed E-state index contributed by atoms with van der Waals surface area (Å²) >= 11 is 4.15. The van der Waals surface area contributed by atoms with Crippen LogP contribution in [0.4, 0.5) is 4.79 Å². The smallest absolute Gasteiger partial charge is 0.410 e. The first-order valence-electron chi connectivity index (χ1n) is 8.33. The average Bonchev–Trinajstić information content (AvgIpc) is 2.84. The fourth-order valence-corrected chi connectivity index (χ4v) is 6.41. The second kappa shape index (κ2) is 6.39. The highest BCUT2D eigenvalue weighted by molar-refractivity contribution is 8.21. The first-order chi connectivity index (χ1) is 10.8. The lowest BCUT2D eigenvalue weighted by Crippen LogP contribution is -2.58. The Bertz CT molecular complexity index is 470. The average molecular weight is 359 g/mol. The Balaban J connectivity index is 1.43. The molecule has 3 aliphatic heterocycles. The van der Waals surface area contributed by atoms with Gasteiger partial charge in [-0.2, -0.15) is 0 Å². The van der Waals surface area contributed by atoms with Gasteiger partial charge in [0.25, 0.3) is 0 Å². The molecule has 0 bridgehead atoms. The zero-order chi connectivity index (χ0) is 16.7. The van der Waals surface area contributed by atoms with E-state index in [4.69, 9.17) is 4.74 Å². The van der Waals surface area contributed by atoms with Gasteiger partial charge in [0.05, 0.1) is 10.00 Å². The molecule has 23 heavy (non-hydrogen) atoms. The Hall–Kier alpha value is -0.560. The first-order valence-corrected chi connectivity index (χ1v) is 10.3. The number of carbonyl (C=O) groups excluding carboxylic acids is 2. The van der Waals surface area contributed by atoms with Gasteiger partial charge in [0.15, 0.2) is 0 Å². The van der Waals surface area contributed by atoms with Gasteiger partial charge in [0.2, 0.25) is 5.91 Å². The van der Waals surface area contributed by atoms with Crippen LogP contribution in [0.5, 0.6) is 0 Å². The minimum atomic E-state index is -0.482. The van der Waals surface area contributed by atoms with E-state index in [0.29, 0.717) is 17.2 Å². The van der Waals surface area contributed by atoms with E-state index < -0.39 is 5.60 Å². The summed E-state index contributed by atoms with van der Waals surface area (Å²) in [6.45, 7) is 8.29. The maximum atomic E-state index is 12.6. The fraction of sp³-hybridized carbons (Fsp3) is 0.875. The molecule has 3 saturated heterocycles. The van der Waals surface area contributed by atoms with Crippen molar-refractivity contribution < 1.29 is 14.3 Å². The van der Waals surface area contributed by atoms with E-state index in [1.807, 2.05) is 25.7 Å². The highest BCUT2D eigenvalue weighted by Gasteiger charge is 2.43. The Labute approximate surface area is 146 Å². The topological polar surface area (TPSA) is 49.9 Å². The molecule has 2 amide bonds. The van der Waals surface area contributed by atoms with Crippen LogP contribution < -0.4 is 0 Å². The van der Waals surface area contributed by atoms with E-state index in [1.165, 1.54) is 11.5 Å². The van der Waals surface area contributed by atoms with Crippen LogP contribution in [0.15, 0.2) is 0 Å². The number of thioether (sulfide) groups is 2. The van der Waals surface area contributed by atoms with Crippen LogP contribution >= 0.6 is 23.5 Å². The van der Waals surface area contributed by atoms with E-state index in [2.05, 4.69) is 23.5 Å². The highest BCUT2D eigenvalue weighted by Crippen LogP contribution is 2.50. The minimum Gasteiger partial charge on any atom is -0.444 e. The van der Waals surface area contributed by atoms with Crippen molar-refractivity contribution in [3.63, 3.8) is 0 Å². The maximum absolute atomic E-state index is 12.6. The van der Waals surface area contributed by atoms with Gasteiger partial charge in [-0.3, -0.25) is 4.79 Å². The van der Waals surface area contributed by atoms with Gasteiger partial charge in [0, 0.05) is 37.7 Å². The van der Waals surface area contributed by atoms with Crippen LogP contribution in [-0.2, 0) is 9.53 Å². The van der Waals surface area contributed by atoms with Crippen molar-refractivity contribution in [2.75, 3.05) is 37.7 Å². The Kier molecular flexibility index (Phi) is 4.80. The largest absolute Gasteiger partial charge is 0.444 e. The molecule has 0 unspecified atom stereocenters. The van der Waals surface area contributed by atoms with Crippen molar-refractivity contribution in [3.8, 4) is 0 Å². The summed E-state index contributed by atoms with van der Waals surface area (Å²) < 4.78 is 5.71. The lowest BCUT2D eigenvalue weighted by atomic mass is 9.97. The van der Waals surface area contributed by atoms with E-state index in [-0.39, 0.29) is 17.9 Å². The summed E-state index contributed by atoms with van der Waals surface area (Å²) in [5.74, 6) is 2.66. The summed E-state index contributed by atoms with van der Waals surface area (Å²) in [5, 5.41) is 0. The van der Waals surface area contributed by atoms with Crippen molar-refractivity contribution >= 4 is 35.5 Å². The molecule has 7 heteroatoms. The molecule has 3 rings (SSSR count). The Morgan fingerprint density at radius 1 is 1.04 bits per heavy atom. The van der Waals surface area contributed by atoms with Gasteiger partial charge in [-0.05, 0) is 33.6 Å². The summed E-state index contributed by atoms with van der Waals surface area (Å²) in [4.78, 5) is 28.1. The van der Waals surface area contributed by atoms with Crippen molar-refractivity contribution in [2.45, 2.75) is 43.3 Å². The van der Waals surface area contributed by atoms with Crippen molar-refractivity contribution in [1.82, 2.24) is 9.80 Å². The molecular weight excluding hydrogens is 332 g/mol. The zero-order valence-corrected chi connectivity index (χ0v) is 15.8. The molecule has 0 N–H and O–H groups in total. The minimum absolute atomic E-state index is 0.0412. The number of amides is 2. The van der Waals surface area contributed by atoms with Crippen LogP contribution in [0.1, 0.15) is 33.6 Å². The normalized spacial score (nSPS) is 24.7. The molecule has 0 aromatic carbocycles. The number of hydrogen-bond acceptors (Lipinski definition) is 5. The maximum Gasteiger partial charge on any atom is 0.410 e. The predicted octanol–water partition coefficient (Wildman–Crippen LogP) is 2.65. The van der Waals surface area contributed by atoms with E-state index in [1.54, 1.807) is 4.90 Å². The Morgan fingerprint density at radius 3 is 2.13 bits per heavy atom. The van der Waals surface area contributed by atoms with Gasteiger partial charge >= 0.3 is 6.09 Å². The third kappa shape index (κ3) is 3.92. The third-order valence-electron chi connectivity index (χ3n) is 4.53. The predicted molar refractivity (Wildman–Crippen MR) is 94.8 cm³/mol. The lowest BCUT2D eigenvalue weighted by Gasteiger charge is -2.43. The zero-order valence-electron chi connectivity index (χ0n) is 14.2. The van der Waals surface area contributed by atoms with Gasteiger partial charge in [-0.25, -0.2) is 4.79 Å². The van der Waals surface area contributed by atoms with Crippen LogP contribution in [0.3, 0.4) is 0 Å². The van der Waals surface area contributed by atoms with Crippen LogP contribution in [0.25, 0.3) is 0 Å². The molecule has 5 nitrogen and oxygen atoms in total. The SMILES string of the molecule is CC(C)(C)OC(=O)N1CC(C(=O)N2CCC3(CC2)SCCS3)C1. The quantitative estimate of drug-likeness (QED) is 0.721. The standard InChI is InChI=1S/C16H26N2O3S2/c1-15(2,3)21-14(20)18-10-12(11-18)13(19)17-6-4-16(5-7-17)22-8-9-23-16/h12H,4-11H2,1-3H3. The molecule has 3 aliphatic rings. The molecule has 130 valence electrons. The first kappa shape index (κ1) is 17.3. The molecule has 3 heterocycles. The van der Waals surface area contributed by atoms with Crippen molar-refractivity contribution in [2.24, 2.45) is 5.92 Å². The monoisotopic (exact) mass is 358 g/mol. The number of ether oxygens (including phenoxy) is 1. The molecule has 0 radical (unpaired) electrons. The number of nitrogens with zero attached hydrogens (tertiary/aromatic N) is 2. The van der Waals surface area contributed by atoms with Gasteiger partial charge in [0.1, 0.15) is 5.60 Å². The van der Waals surface area contributed by atoms with Gasteiger partial charge < -0.3 is 14.5 Å². The molecular formula is C16H26N2O3S2. The summed E-state index contributed by atoms with van der Waals surface area (Å²) in [7, 11) is 0. The fourth-order valence-electron chi connectivity index (χ4n) is 3.22. The van der Waals surface area contributed by atoms with Gasteiger partial charge in [-0.1, -0.05) is 0 Å². The summed E-state index contributed by atoms with van der Waals surface area (Å²) in [6, 6.07) is 0. The highest BCUT2D eigenvalue weighted by atomic mass is 32.2. The lowest BCUT2D eigenvalue weighted by molar-refractivity contribution is -0.141. The molecule has 0 aromatic heterocycles. The van der Waals surface area contributed by atoms with E-state index >= 15 is 0 Å². The number of piperidine rings is 1. The molecule has 0 aromatic rings. The van der Waals surface area contributed by atoms with Crippen molar-refractivity contribution in [3.05, 3.63) is 0 Å². The number of likely N-dealkylation sites (tertiary alicyclic amines) is 2. The number of hydrogen-bond donors (Lipinski definition) is 0. The van der Waals surface area contributed by atoms with E-state index in [9.17, 15) is 9.59 Å². The van der Waals surface area contributed by atoms with Crippen LogP contribution in [-0.4, -0.2) is 69.2 Å². The summed E-state index contributed by atoms with van der Waals surface area (Å²) in [5.41, 5.74) is -0.482. The second-order valence-corrected chi connectivity index (χ2v) is 10.7. The molecule has 0 saturated carbocycles. The molecule has 0 atom stereocenters. The van der Waals surface area contributed by atoms with E-state index in [0.717, 1.165) is 25.9 Å². The number of carbonyl (C=O) groups is 2. The van der Waals surface area contributed by atoms with Crippen LogP contribution in [0.2, 0.25) is 0 Å². The molecule has 3 fully saturated rings. The number of rotatable bonds is 1.